The van der Waals surface area contributed by atoms with Gasteiger partial charge in [0.25, 0.3) is 5.91 Å². The summed E-state index contributed by atoms with van der Waals surface area (Å²) < 4.78 is 5.05. The normalized spacial score (nSPS) is 17.0. The lowest BCUT2D eigenvalue weighted by atomic mass is 10.1. The molecular weight excluding hydrogens is 320 g/mol. The Bertz CT molecular complexity index is 601. The number of likely N-dealkylation sites (tertiary alicyclic amines) is 1. The van der Waals surface area contributed by atoms with Crippen molar-refractivity contribution in [3.05, 3.63) is 35.9 Å². The summed E-state index contributed by atoms with van der Waals surface area (Å²) >= 11 is 0. The van der Waals surface area contributed by atoms with Crippen molar-refractivity contribution in [1.82, 2.24) is 10.2 Å². The molecule has 1 fully saturated rings. The molecule has 2 rings (SSSR count). The number of benzene rings is 1. The highest BCUT2D eigenvalue weighted by atomic mass is 16.5. The van der Waals surface area contributed by atoms with Crippen LogP contribution in [0.5, 0.6) is 0 Å². The summed E-state index contributed by atoms with van der Waals surface area (Å²) in [6.45, 7) is 5.17. The molecule has 136 valence electrons. The smallest absolute Gasteiger partial charge is 0.311 e. The molecule has 6 nitrogen and oxygen atoms in total. The number of hydrogen-bond acceptors (Lipinski definition) is 4. The number of amides is 2. The molecule has 1 aromatic rings. The van der Waals surface area contributed by atoms with Crippen molar-refractivity contribution in [1.29, 1.82) is 0 Å². The summed E-state index contributed by atoms with van der Waals surface area (Å²) in [5, 5.41) is 2.69. The summed E-state index contributed by atoms with van der Waals surface area (Å²) in [5.74, 6) is -0.976. The lowest BCUT2D eigenvalue weighted by molar-refractivity contribution is -0.152. The second kappa shape index (κ2) is 9.20. The van der Waals surface area contributed by atoms with Crippen LogP contribution < -0.4 is 5.32 Å². The first-order valence-electron chi connectivity index (χ1n) is 8.70. The van der Waals surface area contributed by atoms with E-state index in [9.17, 15) is 14.4 Å². The van der Waals surface area contributed by atoms with E-state index in [1.165, 1.54) is 0 Å². The van der Waals surface area contributed by atoms with Crippen LogP contribution in [0.4, 0.5) is 0 Å². The molecule has 1 atom stereocenters. The number of nitrogens with one attached hydrogen (secondary N) is 1. The van der Waals surface area contributed by atoms with Gasteiger partial charge in [0.2, 0.25) is 5.91 Å². The van der Waals surface area contributed by atoms with Gasteiger partial charge in [0.15, 0.2) is 6.61 Å². The number of ether oxygens (including phenoxy) is 1. The molecule has 1 N–H and O–H groups in total. The number of hydrogen-bond donors (Lipinski definition) is 1. The van der Waals surface area contributed by atoms with Gasteiger partial charge >= 0.3 is 5.97 Å². The van der Waals surface area contributed by atoms with Gasteiger partial charge in [0.05, 0.1) is 5.92 Å². The Balaban J connectivity index is 1.73. The van der Waals surface area contributed by atoms with Crippen LogP contribution in [-0.4, -0.2) is 48.9 Å². The maximum absolute atomic E-state index is 12.1. The molecule has 1 aliphatic heterocycles. The van der Waals surface area contributed by atoms with Crippen LogP contribution in [-0.2, 0) is 25.5 Å². The minimum atomic E-state index is -0.485. The molecular formula is C19H26N2O4. The Morgan fingerprint density at radius 3 is 2.68 bits per heavy atom. The summed E-state index contributed by atoms with van der Waals surface area (Å²) in [5.41, 5.74) is 1.16. The maximum atomic E-state index is 12.1. The topological polar surface area (TPSA) is 75.7 Å². The van der Waals surface area contributed by atoms with E-state index >= 15 is 0 Å². The van der Waals surface area contributed by atoms with Gasteiger partial charge in [-0.15, -0.1) is 0 Å². The van der Waals surface area contributed by atoms with E-state index in [4.69, 9.17) is 4.74 Å². The molecule has 1 aromatic carbocycles. The van der Waals surface area contributed by atoms with E-state index in [1.54, 1.807) is 4.90 Å². The van der Waals surface area contributed by atoms with Crippen molar-refractivity contribution in [3.8, 4) is 0 Å². The van der Waals surface area contributed by atoms with Gasteiger partial charge < -0.3 is 15.0 Å². The van der Waals surface area contributed by atoms with Gasteiger partial charge in [-0.2, -0.15) is 0 Å². The van der Waals surface area contributed by atoms with Crippen LogP contribution in [0.15, 0.2) is 30.3 Å². The van der Waals surface area contributed by atoms with Crippen LogP contribution in [0.3, 0.4) is 0 Å². The minimum absolute atomic E-state index is 0.0397. The van der Waals surface area contributed by atoms with Crippen LogP contribution in [0.25, 0.3) is 0 Å². The van der Waals surface area contributed by atoms with E-state index in [2.05, 4.69) is 5.32 Å². The van der Waals surface area contributed by atoms with E-state index in [-0.39, 0.29) is 24.8 Å². The lowest BCUT2D eigenvalue weighted by Crippen LogP contribution is -2.33. The zero-order chi connectivity index (χ0) is 18.2. The van der Waals surface area contributed by atoms with Gasteiger partial charge in [-0.1, -0.05) is 44.2 Å². The molecule has 1 heterocycles. The molecule has 0 aromatic heterocycles. The third-order valence-corrected chi connectivity index (χ3v) is 4.11. The third-order valence-electron chi connectivity index (χ3n) is 4.11. The van der Waals surface area contributed by atoms with Crippen molar-refractivity contribution < 1.29 is 19.1 Å². The monoisotopic (exact) mass is 346 g/mol. The predicted octanol–water partition coefficient (Wildman–Crippen LogP) is 1.39. The van der Waals surface area contributed by atoms with Crippen molar-refractivity contribution >= 4 is 17.8 Å². The third kappa shape index (κ3) is 6.21. The van der Waals surface area contributed by atoms with E-state index < -0.39 is 11.9 Å². The lowest BCUT2D eigenvalue weighted by Gasteiger charge is -2.16. The van der Waals surface area contributed by atoms with Crippen LogP contribution in [0.1, 0.15) is 25.8 Å². The van der Waals surface area contributed by atoms with Crippen molar-refractivity contribution in [3.63, 3.8) is 0 Å². The van der Waals surface area contributed by atoms with Crippen LogP contribution in [0, 0.1) is 11.8 Å². The number of esters is 1. The number of rotatable bonds is 8. The van der Waals surface area contributed by atoms with E-state index in [0.29, 0.717) is 25.6 Å². The fourth-order valence-corrected chi connectivity index (χ4v) is 2.68. The summed E-state index contributed by atoms with van der Waals surface area (Å²) in [4.78, 5) is 37.4. The number of nitrogens with zero attached hydrogens (tertiary/aromatic N) is 1. The van der Waals surface area contributed by atoms with Crippen molar-refractivity contribution in [2.24, 2.45) is 11.8 Å². The first-order chi connectivity index (χ1) is 12.0. The van der Waals surface area contributed by atoms with Gasteiger partial charge in [-0.05, 0) is 17.9 Å². The van der Waals surface area contributed by atoms with Gasteiger partial charge in [-0.25, -0.2) is 0 Å². The van der Waals surface area contributed by atoms with Crippen LogP contribution in [0.2, 0.25) is 0 Å². The molecule has 0 unspecified atom stereocenters. The van der Waals surface area contributed by atoms with Crippen molar-refractivity contribution in [2.75, 3.05) is 26.2 Å². The van der Waals surface area contributed by atoms with Crippen LogP contribution >= 0.6 is 0 Å². The Kier molecular flexibility index (Phi) is 6.98. The number of carbonyl (C=O) groups is 3. The molecule has 0 aliphatic carbocycles. The van der Waals surface area contributed by atoms with Gasteiger partial charge in [0.1, 0.15) is 0 Å². The summed E-state index contributed by atoms with van der Waals surface area (Å²) in [6, 6.07) is 9.91. The number of carbonyl (C=O) groups excluding carboxylic acids is 3. The highest BCUT2D eigenvalue weighted by Gasteiger charge is 2.35. The Morgan fingerprint density at radius 1 is 1.28 bits per heavy atom. The quantitative estimate of drug-likeness (QED) is 0.722. The Hall–Kier alpha value is -2.37. The van der Waals surface area contributed by atoms with E-state index in [1.807, 2.05) is 44.2 Å². The first kappa shape index (κ1) is 19.0. The maximum Gasteiger partial charge on any atom is 0.311 e. The molecule has 1 saturated heterocycles. The Labute approximate surface area is 148 Å². The largest absolute Gasteiger partial charge is 0.455 e. The second-order valence-electron chi connectivity index (χ2n) is 6.78. The SMILES string of the molecule is CC(C)CNC(=O)COC(=O)[C@H]1CC(=O)N(CCc2ccccc2)C1. The molecule has 2 amide bonds. The average molecular weight is 346 g/mol. The Morgan fingerprint density at radius 2 is 2.00 bits per heavy atom. The average Bonchev–Trinajstić information content (AvgIpc) is 2.98. The zero-order valence-corrected chi connectivity index (χ0v) is 14.9. The van der Waals surface area contributed by atoms with Crippen molar-refractivity contribution in [2.45, 2.75) is 26.7 Å². The minimum Gasteiger partial charge on any atom is -0.455 e. The summed E-state index contributed by atoms with van der Waals surface area (Å²) in [7, 11) is 0. The van der Waals surface area contributed by atoms with E-state index in [0.717, 1.165) is 12.0 Å². The van der Waals surface area contributed by atoms with Gasteiger partial charge in [-0.3, -0.25) is 14.4 Å². The molecule has 25 heavy (non-hydrogen) atoms. The second-order valence-corrected chi connectivity index (χ2v) is 6.78. The fourth-order valence-electron chi connectivity index (χ4n) is 2.68. The highest BCUT2D eigenvalue weighted by Crippen LogP contribution is 2.19. The molecule has 1 aliphatic rings. The first-order valence-corrected chi connectivity index (χ1v) is 8.70. The fraction of sp³-hybridized carbons (Fsp3) is 0.526. The molecule has 6 heteroatoms. The van der Waals surface area contributed by atoms with Gasteiger partial charge in [0, 0.05) is 26.1 Å². The standard InChI is InChI=1S/C19H26N2O4/c1-14(2)11-20-17(22)13-25-19(24)16-10-18(23)21(12-16)9-8-15-6-4-3-5-7-15/h3-7,14,16H,8-13H2,1-2H3,(H,20,22)/t16-/m0/s1. The molecule has 0 bridgehead atoms. The molecule has 0 spiro atoms. The summed E-state index contributed by atoms with van der Waals surface area (Å²) in [6.07, 6.45) is 0.910. The zero-order valence-electron chi connectivity index (χ0n) is 14.9. The molecule has 0 saturated carbocycles. The molecule has 0 radical (unpaired) electrons. The highest BCUT2D eigenvalue weighted by molar-refractivity contribution is 5.88. The predicted molar refractivity (Wildman–Crippen MR) is 93.6 cm³/mol.